The Balaban J connectivity index is 1.49. The van der Waals surface area contributed by atoms with Gasteiger partial charge in [0.25, 0.3) is 0 Å². The zero-order valence-electron chi connectivity index (χ0n) is 15.7. The third-order valence-electron chi connectivity index (χ3n) is 4.75. The van der Waals surface area contributed by atoms with Gasteiger partial charge in [0.2, 0.25) is 5.91 Å². The number of amides is 1. The fourth-order valence-corrected chi connectivity index (χ4v) is 4.62. The van der Waals surface area contributed by atoms with Crippen molar-refractivity contribution in [3.63, 3.8) is 0 Å². The molecule has 0 saturated carbocycles. The van der Waals surface area contributed by atoms with E-state index in [0.717, 1.165) is 36.3 Å². The fraction of sp³-hybridized carbons (Fsp3) is 0.429. The second kappa shape index (κ2) is 8.92. The molecule has 0 fully saturated rings. The van der Waals surface area contributed by atoms with Crippen LogP contribution in [0.5, 0.6) is 11.5 Å². The van der Waals surface area contributed by atoms with Gasteiger partial charge in [-0.15, -0.1) is 11.3 Å². The van der Waals surface area contributed by atoms with Crippen molar-refractivity contribution in [2.45, 2.75) is 39.0 Å². The van der Waals surface area contributed by atoms with Crippen LogP contribution in [0.1, 0.15) is 42.2 Å². The average Bonchev–Trinajstić information content (AvgIpc) is 3.01. The lowest BCUT2D eigenvalue weighted by Gasteiger charge is -2.17. The van der Waals surface area contributed by atoms with Gasteiger partial charge in [0.05, 0.1) is 19.3 Å². The van der Waals surface area contributed by atoms with Crippen molar-refractivity contribution >= 4 is 22.2 Å². The summed E-state index contributed by atoms with van der Waals surface area (Å²) in [6.07, 6.45) is 4.01. The lowest BCUT2D eigenvalue weighted by Crippen LogP contribution is -2.13. The summed E-state index contributed by atoms with van der Waals surface area (Å²) in [6.45, 7) is 2.69. The molecule has 1 aliphatic carbocycles. The summed E-state index contributed by atoms with van der Waals surface area (Å²) >= 11 is 1.56. The first kappa shape index (κ1) is 19.2. The Morgan fingerprint density at radius 3 is 2.78 bits per heavy atom. The van der Waals surface area contributed by atoms with Crippen molar-refractivity contribution in [2.75, 3.05) is 19.0 Å². The van der Waals surface area contributed by atoms with Crippen LogP contribution in [0.25, 0.3) is 0 Å². The molecule has 1 aromatic carbocycles. The average molecular weight is 385 g/mol. The Labute approximate surface area is 163 Å². The van der Waals surface area contributed by atoms with E-state index in [1.54, 1.807) is 18.4 Å². The van der Waals surface area contributed by atoms with Crippen molar-refractivity contribution in [2.24, 2.45) is 5.92 Å². The minimum Gasteiger partial charge on any atom is -0.497 e. The van der Waals surface area contributed by atoms with Gasteiger partial charge < -0.3 is 14.8 Å². The molecule has 142 valence electrons. The molecule has 3 rings (SSSR count). The maximum absolute atomic E-state index is 12.3. The number of hydrogen-bond acceptors (Lipinski definition) is 5. The first-order valence-electron chi connectivity index (χ1n) is 9.22. The Morgan fingerprint density at radius 2 is 2.07 bits per heavy atom. The number of nitrogens with one attached hydrogen (secondary N) is 1. The highest BCUT2D eigenvalue weighted by Crippen LogP contribution is 2.39. The van der Waals surface area contributed by atoms with Crippen LogP contribution in [-0.2, 0) is 17.6 Å². The zero-order valence-corrected chi connectivity index (χ0v) is 16.5. The first-order valence-corrected chi connectivity index (χ1v) is 10.0. The lowest BCUT2D eigenvalue weighted by atomic mass is 9.89. The summed E-state index contributed by atoms with van der Waals surface area (Å²) < 4.78 is 10.8. The van der Waals surface area contributed by atoms with Crippen LogP contribution in [0, 0.1) is 17.2 Å². The van der Waals surface area contributed by atoms with Gasteiger partial charge in [-0.25, -0.2) is 0 Å². The number of carbonyl (C=O) groups is 1. The van der Waals surface area contributed by atoms with Crippen LogP contribution >= 0.6 is 11.3 Å². The van der Waals surface area contributed by atoms with E-state index in [4.69, 9.17) is 9.47 Å². The molecule has 0 radical (unpaired) electrons. The highest BCUT2D eigenvalue weighted by Gasteiger charge is 2.24. The van der Waals surface area contributed by atoms with Crippen molar-refractivity contribution in [1.82, 2.24) is 0 Å². The van der Waals surface area contributed by atoms with Crippen molar-refractivity contribution in [3.05, 3.63) is 40.3 Å². The highest BCUT2D eigenvalue weighted by atomic mass is 32.1. The number of rotatable bonds is 7. The number of thiophene rings is 1. The van der Waals surface area contributed by atoms with Gasteiger partial charge in [0, 0.05) is 11.3 Å². The predicted molar refractivity (Wildman–Crippen MR) is 107 cm³/mol. The van der Waals surface area contributed by atoms with E-state index in [2.05, 4.69) is 18.3 Å². The number of nitrogens with zero attached hydrogens (tertiary/aromatic N) is 1. The van der Waals surface area contributed by atoms with E-state index in [-0.39, 0.29) is 5.91 Å². The predicted octanol–water partition coefficient (Wildman–Crippen LogP) is 4.55. The normalized spacial score (nSPS) is 15.5. The molecular formula is C21H24N2O3S. The maximum atomic E-state index is 12.3. The van der Waals surface area contributed by atoms with Crippen LogP contribution in [0.3, 0.4) is 0 Å². The van der Waals surface area contributed by atoms with Gasteiger partial charge in [-0.05, 0) is 61.4 Å². The van der Waals surface area contributed by atoms with Gasteiger partial charge in [-0.1, -0.05) is 6.92 Å². The summed E-state index contributed by atoms with van der Waals surface area (Å²) in [5.41, 5.74) is 1.79. The Bertz CT molecular complexity index is 836. The third-order valence-corrected chi connectivity index (χ3v) is 5.92. The minimum absolute atomic E-state index is 0.0727. The summed E-state index contributed by atoms with van der Waals surface area (Å²) in [5, 5.41) is 13.1. The molecular weight excluding hydrogens is 360 g/mol. The van der Waals surface area contributed by atoms with Crippen LogP contribution in [0.4, 0.5) is 5.00 Å². The molecule has 5 nitrogen and oxygen atoms in total. The van der Waals surface area contributed by atoms with E-state index in [1.807, 2.05) is 24.3 Å². The van der Waals surface area contributed by atoms with E-state index >= 15 is 0 Å². The smallest absolute Gasteiger partial charge is 0.225 e. The highest BCUT2D eigenvalue weighted by molar-refractivity contribution is 7.16. The van der Waals surface area contributed by atoms with Crippen molar-refractivity contribution in [3.8, 4) is 17.6 Å². The molecule has 0 bridgehead atoms. The van der Waals surface area contributed by atoms with Gasteiger partial charge in [-0.3, -0.25) is 4.79 Å². The quantitative estimate of drug-likeness (QED) is 0.711. The number of fused-ring (bicyclic) bond motifs is 1. The standard InChI is InChI=1S/C21H24N2O3S/c1-14-5-10-17-18(13-22)21(27-19(17)12-14)23-20(24)4-3-11-26-16-8-6-15(25-2)7-9-16/h6-9,14H,3-5,10-12H2,1-2H3,(H,23,24)/t14-/m1/s1. The molecule has 1 aliphatic rings. The topological polar surface area (TPSA) is 71.3 Å². The molecule has 1 N–H and O–H groups in total. The largest absolute Gasteiger partial charge is 0.497 e. The molecule has 1 atom stereocenters. The molecule has 1 aromatic heterocycles. The van der Waals surface area contributed by atoms with Gasteiger partial charge in [0.15, 0.2) is 0 Å². The Kier molecular flexibility index (Phi) is 6.36. The summed E-state index contributed by atoms with van der Waals surface area (Å²) in [5.74, 6) is 2.10. The minimum atomic E-state index is -0.0727. The molecule has 0 saturated heterocycles. The molecule has 0 spiro atoms. The SMILES string of the molecule is COc1ccc(OCCCC(=O)Nc2sc3c(c2C#N)CC[C@@H](C)C3)cc1. The van der Waals surface area contributed by atoms with Crippen LogP contribution in [0.2, 0.25) is 0 Å². The molecule has 2 aromatic rings. The number of anilines is 1. The summed E-state index contributed by atoms with van der Waals surface area (Å²) in [6, 6.07) is 9.64. The van der Waals surface area contributed by atoms with E-state index in [9.17, 15) is 10.1 Å². The van der Waals surface area contributed by atoms with E-state index in [0.29, 0.717) is 35.9 Å². The number of nitriles is 1. The number of methoxy groups -OCH3 is 1. The van der Waals surface area contributed by atoms with Crippen molar-refractivity contribution < 1.29 is 14.3 Å². The van der Waals surface area contributed by atoms with Gasteiger partial charge in [-0.2, -0.15) is 5.26 Å². The number of ether oxygens (including phenoxy) is 2. The molecule has 1 heterocycles. The third kappa shape index (κ3) is 4.81. The van der Waals surface area contributed by atoms with Crippen LogP contribution < -0.4 is 14.8 Å². The Hall–Kier alpha value is -2.52. The summed E-state index contributed by atoms with van der Waals surface area (Å²) in [4.78, 5) is 13.5. The summed E-state index contributed by atoms with van der Waals surface area (Å²) in [7, 11) is 1.62. The zero-order chi connectivity index (χ0) is 19.2. The molecule has 1 amide bonds. The monoisotopic (exact) mass is 384 g/mol. The number of benzene rings is 1. The number of carbonyl (C=O) groups excluding carboxylic acids is 1. The van der Waals surface area contributed by atoms with E-state index in [1.165, 1.54) is 4.88 Å². The molecule has 6 heteroatoms. The van der Waals surface area contributed by atoms with E-state index < -0.39 is 0 Å². The van der Waals surface area contributed by atoms with Crippen LogP contribution in [-0.4, -0.2) is 19.6 Å². The number of hydrogen-bond donors (Lipinski definition) is 1. The van der Waals surface area contributed by atoms with Gasteiger partial charge >= 0.3 is 0 Å². The first-order chi connectivity index (χ1) is 13.1. The molecule has 0 aliphatic heterocycles. The molecule has 27 heavy (non-hydrogen) atoms. The van der Waals surface area contributed by atoms with Gasteiger partial charge in [0.1, 0.15) is 22.6 Å². The Morgan fingerprint density at radius 1 is 1.33 bits per heavy atom. The van der Waals surface area contributed by atoms with Crippen molar-refractivity contribution in [1.29, 1.82) is 5.26 Å². The fourth-order valence-electron chi connectivity index (χ4n) is 3.24. The lowest BCUT2D eigenvalue weighted by molar-refractivity contribution is -0.116. The van der Waals surface area contributed by atoms with Crippen LogP contribution in [0.15, 0.2) is 24.3 Å². The molecule has 0 unspecified atom stereocenters. The second-order valence-electron chi connectivity index (χ2n) is 6.84. The second-order valence-corrected chi connectivity index (χ2v) is 7.95. The maximum Gasteiger partial charge on any atom is 0.225 e.